The predicted octanol–water partition coefficient (Wildman–Crippen LogP) is 4.60. The van der Waals surface area contributed by atoms with E-state index >= 15 is 0 Å². The summed E-state index contributed by atoms with van der Waals surface area (Å²) < 4.78 is 45.4. The SMILES string of the molecule is C[S+]([O-])c1ccc(C2=C(c3cc(F)ccc3F)C(=O)C(C)(C)O2)c(Cl)c1. The van der Waals surface area contributed by atoms with Crippen molar-refractivity contribution >= 4 is 39.9 Å². The maximum Gasteiger partial charge on any atom is 0.210 e. The molecule has 0 saturated carbocycles. The van der Waals surface area contributed by atoms with E-state index in [9.17, 15) is 18.1 Å². The predicted molar refractivity (Wildman–Crippen MR) is 97.1 cm³/mol. The molecule has 26 heavy (non-hydrogen) atoms. The number of halogens is 3. The van der Waals surface area contributed by atoms with Gasteiger partial charge in [-0.1, -0.05) is 11.6 Å². The molecule has 3 rings (SSSR count). The van der Waals surface area contributed by atoms with Gasteiger partial charge in [0.25, 0.3) is 0 Å². The van der Waals surface area contributed by atoms with E-state index in [2.05, 4.69) is 0 Å². The van der Waals surface area contributed by atoms with E-state index in [4.69, 9.17) is 16.3 Å². The molecule has 0 fully saturated rings. The van der Waals surface area contributed by atoms with Crippen LogP contribution in [0.15, 0.2) is 41.3 Å². The van der Waals surface area contributed by atoms with E-state index in [0.29, 0.717) is 10.5 Å². The highest BCUT2D eigenvalue weighted by molar-refractivity contribution is 7.90. The van der Waals surface area contributed by atoms with Gasteiger partial charge in [-0.2, -0.15) is 0 Å². The number of benzene rings is 2. The molecule has 0 aliphatic carbocycles. The first-order chi connectivity index (χ1) is 12.1. The van der Waals surface area contributed by atoms with Crippen molar-refractivity contribution in [3.8, 4) is 0 Å². The number of ether oxygens (including phenoxy) is 1. The first-order valence-corrected chi connectivity index (χ1v) is 9.62. The fourth-order valence-corrected chi connectivity index (χ4v) is 3.61. The second-order valence-corrected chi connectivity index (χ2v) is 8.15. The summed E-state index contributed by atoms with van der Waals surface area (Å²) >= 11 is 5.05. The Morgan fingerprint density at radius 3 is 2.42 bits per heavy atom. The van der Waals surface area contributed by atoms with Gasteiger partial charge in [-0.15, -0.1) is 0 Å². The molecule has 1 unspecified atom stereocenters. The van der Waals surface area contributed by atoms with Gasteiger partial charge in [-0.3, -0.25) is 4.79 Å². The summed E-state index contributed by atoms with van der Waals surface area (Å²) in [7, 11) is 0. The number of carbonyl (C=O) groups excluding carboxylic acids is 1. The average molecular weight is 397 g/mol. The number of carbonyl (C=O) groups is 1. The Kier molecular flexibility index (Phi) is 4.86. The van der Waals surface area contributed by atoms with Crippen LogP contribution >= 0.6 is 11.6 Å². The summed E-state index contributed by atoms with van der Waals surface area (Å²) in [5, 5.41) is 0.201. The van der Waals surface area contributed by atoms with Gasteiger partial charge in [0.1, 0.15) is 23.6 Å². The maximum absolute atomic E-state index is 14.3. The number of hydrogen-bond acceptors (Lipinski definition) is 3. The van der Waals surface area contributed by atoms with Crippen LogP contribution in [0, 0.1) is 11.6 Å². The largest absolute Gasteiger partial charge is 0.612 e. The van der Waals surface area contributed by atoms with Crippen molar-refractivity contribution in [2.45, 2.75) is 24.3 Å². The van der Waals surface area contributed by atoms with Crippen LogP contribution in [-0.2, 0) is 20.7 Å². The molecule has 0 spiro atoms. The molecule has 1 aliphatic heterocycles. The van der Waals surface area contributed by atoms with Crippen LogP contribution in [0.5, 0.6) is 0 Å². The van der Waals surface area contributed by atoms with Crippen LogP contribution in [0.3, 0.4) is 0 Å². The van der Waals surface area contributed by atoms with Gasteiger partial charge in [0.05, 0.1) is 10.6 Å². The zero-order valence-electron chi connectivity index (χ0n) is 14.2. The van der Waals surface area contributed by atoms with Crippen molar-refractivity contribution in [1.29, 1.82) is 0 Å². The van der Waals surface area contributed by atoms with Crippen LogP contribution in [0.2, 0.25) is 5.02 Å². The van der Waals surface area contributed by atoms with Gasteiger partial charge in [0.2, 0.25) is 5.78 Å². The van der Waals surface area contributed by atoms with Crippen molar-refractivity contribution in [3.63, 3.8) is 0 Å². The van der Waals surface area contributed by atoms with Crippen molar-refractivity contribution in [1.82, 2.24) is 0 Å². The Balaban J connectivity index is 2.25. The Morgan fingerprint density at radius 1 is 1.12 bits per heavy atom. The normalized spacial score (nSPS) is 17.4. The van der Waals surface area contributed by atoms with Gasteiger partial charge in [0.15, 0.2) is 10.5 Å². The summed E-state index contributed by atoms with van der Waals surface area (Å²) in [4.78, 5) is 13.3. The van der Waals surface area contributed by atoms with Crippen molar-refractivity contribution in [3.05, 3.63) is 64.2 Å². The number of Topliss-reactive ketones (excluding diaryl/α,β-unsaturated/α-hetero) is 1. The zero-order valence-corrected chi connectivity index (χ0v) is 15.8. The first kappa shape index (κ1) is 18.9. The summed E-state index contributed by atoms with van der Waals surface area (Å²) in [5.41, 5.74) is -1.16. The number of hydrogen-bond donors (Lipinski definition) is 0. The van der Waals surface area contributed by atoms with Crippen molar-refractivity contribution in [2.75, 3.05) is 6.26 Å². The molecule has 0 N–H and O–H groups in total. The molecule has 0 amide bonds. The first-order valence-electron chi connectivity index (χ1n) is 7.68. The van der Waals surface area contributed by atoms with E-state index in [1.54, 1.807) is 26.0 Å². The maximum atomic E-state index is 14.3. The Labute approximate surface area is 157 Å². The number of ketones is 1. The quantitative estimate of drug-likeness (QED) is 0.712. The molecule has 0 radical (unpaired) electrons. The minimum atomic E-state index is -1.25. The lowest BCUT2D eigenvalue weighted by atomic mass is 9.92. The van der Waals surface area contributed by atoms with E-state index in [-0.39, 0.29) is 21.9 Å². The average Bonchev–Trinajstić information content (AvgIpc) is 2.79. The van der Waals surface area contributed by atoms with Gasteiger partial charge in [-0.05, 0) is 55.4 Å². The minimum absolute atomic E-state index is 0.0701. The highest BCUT2D eigenvalue weighted by Gasteiger charge is 2.44. The molecule has 7 heteroatoms. The van der Waals surface area contributed by atoms with Crippen molar-refractivity contribution in [2.24, 2.45) is 0 Å². The summed E-state index contributed by atoms with van der Waals surface area (Å²) in [5.74, 6) is -1.82. The van der Waals surface area contributed by atoms with Crippen LogP contribution in [0.1, 0.15) is 25.0 Å². The lowest BCUT2D eigenvalue weighted by Gasteiger charge is -2.18. The standard InChI is InChI=1S/C19H15ClF2O3S/c1-19(2)18(23)16(13-8-10(21)4-7-15(13)22)17(25-19)12-6-5-11(26(3)24)9-14(12)20/h4-9H,1-3H3. The molecule has 0 aromatic heterocycles. The topological polar surface area (TPSA) is 49.4 Å². The zero-order chi connectivity index (χ0) is 19.2. The summed E-state index contributed by atoms with van der Waals surface area (Å²) in [6.45, 7) is 3.09. The lowest BCUT2D eigenvalue weighted by molar-refractivity contribution is -0.125. The molecule has 1 atom stereocenters. The molecule has 1 heterocycles. The highest BCUT2D eigenvalue weighted by atomic mass is 35.5. The van der Waals surface area contributed by atoms with Gasteiger partial charge < -0.3 is 9.29 Å². The monoisotopic (exact) mass is 396 g/mol. The van der Waals surface area contributed by atoms with Crippen LogP contribution in [0.4, 0.5) is 8.78 Å². The minimum Gasteiger partial charge on any atom is -0.612 e. The lowest BCUT2D eigenvalue weighted by Crippen LogP contribution is -2.29. The summed E-state index contributed by atoms with van der Waals surface area (Å²) in [6, 6.07) is 7.53. The second kappa shape index (κ2) is 6.68. The Morgan fingerprint density at radius 2 is 1.81 bits per heavy atom. The third-order valence-corrected chi connectivity index (χ3v) is 5.30. The van der Waals surface area contributed by atoms with Crippen LogP contribution < -0.4 is 0 Å². The fourth-order valence-electron chi connectivity index (χ4n) is 2.74. The molecule has 3 nitrogen and oxygen atoms in total. The second-order valence-electron chi connectivity index (χ2n) is 6.37. The van der Waals surface area contributed by atoms with Gasteiger partial charge in [0, 0.05) is 17.2 Å². The van der Waals surface area contributed by atoms with E-state index in [1.807, 2.05) is 0 Å². The third-order valence-electron chi connectivity index (χ3n) is 4.07. The molecule has 1 aliphatic rings. The highest BCUT2D eigenvalue weighted by Crippen LogP contribution is 2.44. The Hall–Kier alpha value is -1.89. The number of rotatable bonds is 3. The molecular weight excluding hydrogens is 382 g/mol. The molecule has 2 aromatic rings. The molecule has 2 aromatic carbocycles. The molecule has 136 valence electrons. The molecule has 0 bridgehead atoms. The van der Waals surface area contributed by atoms with Crippen LogP contribution in [-0.4, -0.2) is 22.2 Å². The van der Waals surface area contributed by atoms with E-state index < -0.39 is 34.2 Å². The Bertz CT molecular complexity index is 938. The molecular formula is C19H15ClF2O3S. The smallest absolute Gasteiger partial charge is 0.210 e. The van der Waals surface area contributed by atoms with E-state index in [0.717, 1.165) is 18.2 Å². The van der Waals surface area contributed by atoms with Crippen LogP contribution in [0.25, 0.3) is 11.3 Å². The fraction of sp³-hybridized carbons (Fsp3) is 0.211. The van der Waals surface area contributed by atoms with Gasteiger partial charge in [-0.25, -0.2) is 8.78 Å². The van der Waals surface area contributed by atoms with E-state index in [1.165, 1.54) is 12.3 Å². The van der Waals surface area contributed by atoms with Crippen molar-refractivity contribution < 1.29 is 22.9 Å². The third kappa shape index (κ3) is 3.24. The summed E-state index contributed by atoms with van der Waals surface area (Å²) in [6.07, 6.45) is 1.51. The van der Waals surface area contributed by atoms with Gasteiger partial charge >= 0.3 is 0 Å². The molecule has 0 saturated heterocycles.